The van der Waals surface area contributed by atoms with E-state index in [1.54, 1.807) is 30.3 Å². The summed E-state index contributed by atoms with van der Waals surface area (Å²) in [5.41, 5.74) is 1.87. The summed E-state index contributed by atoms with van der Waals surface area (Å²) in [5.74, 6) is -1.05. The molecule has 1 atom stereocenters. The number of nitriles is 1. The lowest BCUT2D eigenvalue weighted by Gasteiger charge is -2.27. The summed E-state index contributed by atoms with van der Waals surface area (Å²) in [5, 5.41) is 20.9. The van der Waals surface area contributed by atoms with Crippen LogP contribution in [0.25, 0.3) is 16.6 Å². The van der Waals surface area contributed by atoms with Crippen LogP contribution >= 0.6 is 0 Å². The zero-order chi connectivity index (χ0) is 21.4. The molecule has 2 heterocycles. The van der Waals surface area contributed by atoms with Crippen LogP contribution in [0.1, 0.15) is 46.8 Å². The number of benzene rings is 2. The van der Waals surface area contributed by atoms with Gasteiger partial charge in [0.15, 0.2) is 5.82 Å². The van der Waals surface area contributed by atoms with Crippen molar-refractivity contribution in [2.45, 2.75) is 26.3 Å². The number of H-pyrrole nitrogens is 1. The Morgan fingerprint density at radius 2 is 1.70 bits per heavy atom. The highest BCUT2D eigenvalue weighted by Gasteiger charge is 2.42. The number of aromatic nitrogens is 2. The number of hydrogen-bond acceptors (Lipinski definition) is 5. The number of nitrogens with zero attached hydrogens (tertiary/aromatic N) is 3. The normalized spacial score (nSPS) is 15.3. The zero-order valence-corrected chi connectivity index (χ0v) is 16.6. The number of para-hydroxylation sites is 2. The first-order valence-corrected chi connectivity index (χ1v) is 9.67. The van der Waals surface area contributed by atoms with Crippen molar-refractivity contribution in [2.24, 2.45) is 5.92 Å². The molecular formula is C23H20N4O3. The summed E-state index contributed by atoms with van der Waals surface area (Å²) in [7, 11) is 0. The number of hydrogen-bond donors (Lipinski definition) is 2. The van der Waals surface area contributed by atoms with E-state index in [9.17, 15) is 20.0 Å². The van der Waals surface area contributed by atoms with Gasteiger partial charge in [-0.1, -0.05) is 38.1 Å². The molecule has 1 aliphatic rings. The van der Waals surface area contributed by atoms with Crippen molar-refractivity contribution in [1.82, 2.24) is 14.9 Å². The number of carbonyl (C=O) groups is 2. The fraction of sp³-hybridized carbons (Fsp3) is 0.217. The minimum atomic E-state index is -0.972. The highest BCUT2D eigenvalue weighted by molar-refractivity contribution is 6.21. The number of aliphatic hydroxyl groups excluding tert-OH is 1. The molecule has 3 aromatic rings. The highest BCUT2D eigenvalue weighted by atomic mass is 16.3. The zero-order valence-electron chi connectivity index (χ0n) is 16.6. The van der Waals surface area contributed by atoms with Crippen molar-refractivity contribution in [3.8, 4) is 6.07 Å². The Kier molecular flexibility index (Phi) is 4.84. The summed E-state index contributed by atoms with van der Waals surface area (Å²) in [6, 6.07) is 14.8. The van der Waals surface area contributed by atoms with Gasteiger partial charge in [-0.15, -0.1) is 0 Å². The van der Waals surface area contributed by atoms with E-state index in [1.165, 1.54) is 0 Å². The third-order valence-electron chi connectivity index (χ3n) is 5.14. The minimum absolute atomic E-state index is 0.0529. The number of nitrogens with one attached hydrogen (secondary N) is 1. The van der Waals surface area contributed by atoms with E-state index in [0.29, 0.717) is 28.6 Å². The molecule has 4 rings (SSSR count). The molecule has 0 saturated carbocycles. The maximum absolute atomic E-state index is 13.0. The molecule has 150 valence electrons. The third-order valence-corrected chi connectivity index (χ3v) is 5.14. The van der Waals surface area contributed by atoms with Gasteiger partial charge in [-0.05, 0) is 36.6 Å². The number of aromatic amines is 1. The lowest BCUT2D eigenvalue weighted by atomic mass is 9.98. The van der Waals surface area contributed by atoms with Crippen molar-refractivity contribution in [1.29, 1.82) is 5.26 Å². The van der Waals surface area contributed by atoms with E-state index in [4.69, 9.17) is 0 Å². The summed E-state index contributed by atoms with van der Waals surface area (Å²) in [4.78, 5) is 34.4. The van der Waals surface area contributed by atoms with Gasteiger partial charge in [-0.25, -0.2) is 4.98 Å². The quantitative estimate of drug-likeness (QED) is 0.381. The smallest absolute Gasteiger partial charge is 0.262 e. The van der Waals surface area contributed by atoms with Crippen LogP contribution in [0.4, 0.5) is 0 Å². The molecule has 0 fully saturated rings. The summed E-state index contributed by atoms with van der Waals surface area (Å²) < 4.78 is 0. The van der Waals surface area contributed by atoms with Crippen LogP contribution in [0, 0.1) is 17.2 Å². The van der Waals surface area contributed by atoms with Crippen molar-refractivity contribution < 1.29 is 14.7 Å². The molecule has 0 saturated heterocycles. The predicted molar refractivity (Wildman–Crippen MR) is 111 cm³/mol. The van der Waals surface area contributed by atoms with E-state index in [0.717, 1.165) is 4.90 Å². The Hall–Kier alpha value is -3.92. The molecule has 7 nitrogen and oxygen atoms in total. The Bertz CT molecular complexity index is 1160. The number of imide groups is 1. The molecule has 0 unspecified atom stereocenters. The first-order valence-electron chi connectivity index (χ1n) is 9.67. The van der Waals surface area contributed by atoms with Gasteiger partial charge >= 0.3 is 0 Å². The summed E-state index contributed by atoms with van der Waals surface area (Å²) in [6.07, 6.45) is 0.308. The van der Waals surface area contributed by atoms with Crippen LogP contribution in [0.5, 0.6) is 0 Å². The van der Waals surface area contributed by atoms with Crippen LogP contribution in [-0.2, 0) is 0 Å². The van der Waals surface area contributed by atoms with Crippen molar-refractivity contribution in [2.75, 3.05) is 0 Å². The number of carbonyl (C=O) groups excluding carboxylic acids is 2. The fourth-order valence-electron chi connectivity index (χ4n) is 3.75. The third kappa shape index (κ3) is 3.12. The summed E-state index contributed by atoms with van der Waals surface area (Å²) in [6.45, 7) is 3.84. The molecule has 2 aromatic carbocycles. The van der Waals surface area contributed by atoms with Gasteiger partial charge in [0.2, 0.25) is 0 Å². The average molecular weight is 400 g/mol. The van der Waals surface area contributed by atoms with E-state index < -0.39 is 17.9 Å². The van der Waals surface area contributed by atoms with Gasteiger partial charge < -0.3 is 10.1 Å². The molecule has 1 aliphatic heterocycles. The van der Waals surface area contributed by atoms with E-state index in [1.807, 2.05) is 38.1 Å². The number of imidazole rings is 1. The van der Waals surface area contributed by atoms with E-state index in [-0.39, 0.29) is 23.1 Å². The monoisotopic (exact) mass is 400 g/mol. The maximum atomic E-state index is 13.0. The Morgan fingerprint density at radius 3 is 2.27 bits per heavy atom. The molecular weight excluding hydrogens is 380 g/mol. The molecule has 2 N–H and O–H groups in total. The number of aliphatic hydroxyl groups is 1. The minimum Gasteiger partial charge on any atom is -0.509 e. The van der Waals surface area contributed by atoms with Gasteiger partial charge in [0, 0.05) is 0 Å². The number of rotatable bonds is 5. The number of fused-ring (bicyclic) bond motifs is 2. The van der Waals surface area contributed by atoms with E-state index >= 15 is 0 Å². The van der Waals surface area contributed by atoms with Gasteiger partial charge in [-0.3, -0.25) is 14.5 Å². The number of allylic oxidation sites excluding steroid dienone is 1. The van der Waals surface area contributed by atoms with Gasteiger partial charge in [0.1, 0.15) is 17.4 Å². The summed E-state index contributed by atoms with van der Waals surface area (Å²) >= 11 is 0. The lowest BCUT2D eigenvalue weighted by Crippen LogP contribution is -2.42. The molecule has 0 bridgehead atoms. The second-order valence-corrected chi connectivity index (χ2v) is 7.65. The topological polar surface area (TPSA) is 110 Å². The molecule has 1 aromatic heterocycles. The highest BCUT2D eigenvalue weighted by Crippen LogP contribution is 2.32. The Labute approximate surface area is 173 Å². The van der Waals surface area contributed by atoms with Gasteiger partial charge in [0.05, 0.1) is 28.2 Å². The average Bonchev–Trinajstić information content (AvgIpc) is 3.26. The van der Waals surface area contributed by atoms with Crippen LogP contribution in [-0.4, -0.2) is 37.8 Å². The molecule has 2 amide bonds. The van der Waals surface area contributed by atoms with Crippen LogP contribution < -0.4 is 0 Å². The molecule has 0 radical (unpaired) electrons. The first-order chi connectivity index (χ1) is 14.4. The largest absolute Gasteiger partial charge is 0.509 e. The second kappa shape index (κ2) is 7.48. The Balaban J connectivity index is 1.83. The molecule has 7 heteroatoms. The van der Waals surface area contributed by atoms with Crippen molar-refractivity contribution in [3.05, 3.63) is 71.2 Å². The molecule has 0 spiro atoms. The molecule has 30 heavy (non-hydrogen) atoms. The van der Waals surface area contributed by atoms with Crippen molar-refractivity contribution in [3.63, 3.8) is 0 Å². The van der Waals surface area contributed by atoms with Crippen LogP contribution in [0.15, 0.2) is 54.3 Å². The van der Waals surface area contributed by atoms with Gasteiger partial charge in [0.25, 0.3) is 11.8 Å². The van der Waals surface area contributed by atoms with Crippen LogP contribution in [0.2, 0.25) is 0 Å². The predicted octanol–water partition coefficient (Wildman–Crippen LogP) is 4.07. The fourth-order valence-corrected chi connectivity index (χ4v) is 3.75. The molecule has 0 aliphatic carbocycles. The second-order valence-electron chi connectivity index (χ2n) is 7.65. The number of amides is 2. The maximum Gasteiger partial charge on any atom is 0.262 e. The van der Waals surface area contributed by atoms with E-state index in [2.05, 4.69) is 9.97 Å². The first kappa shape index (κ1) is 19.4. The van der Waals surface area contributed by atoms with Crippen molar-refractivity contribution >= 4 is 28.4 Å². The Morgan fingerprint density at radius 1 is 1.10 bits per heavy atom. The lowest BCUT2D eigenvalue weighted by molar-refractivity contribution is 0.0558. The van der Waals surface area contributed by atoms with Gasteiger partial charge in [-0.2, -0.15) is 5.26 Å². The standard InChI is InChI=1S/C23H20N4O3/c1-13(2)11-19(27-22(29)14-7-3-4-8-15(14)23(27)30)20(28)16(12-24)21-25-17-9-5-6-10-18(17)26-21/h3-10,13,19,28H,11H2,1-2H3,(H,25,26)/b20-16-/t19-/m0/s1. The SMILES string of the molecule is CC(C)C[C@@H](/C(O)=C(\C#N)c1nc2ccccc2[nH]1)N1C(=O)c2ccccc2C1=O. The van der Waals surface area contributed by atoms with Crippen LogP contribution in [0.3, 0.4) is 0 Å².